The summed E-state index contributed by atoms with van der Waals surface area (Å²) in [6, 6.07) is 34.5. The van der Waals surface area contributed by atoms with Crippen LogP contribution in [-0.2, 0) is 0 Å². The number of phenolic OH excluding ortho intramolecular Hbond substituents is 2. The molecule has 0 aromatic heterocycles. The number of halogens is 2. The number of fused-ring (bicyclic) bond motifs is 2. The Morgan fingerprint density at radius 1 is 0.519 bits per heavy atom. The number of aryl methyl sites for hydroxylation is 2. The third-order valence-corrected chi connectivity index (χ3v) is 8.90. The van der Waals surface area contributed by atoms with E-state index in [-0.39, 0.29) is 34.0 Å². The number of carbonyl (C=O) groups is 2. The molecule has 7 aromatic carbocycles. The molecule has 0 aliphatic heterocycles. The van der Waals surface area contributed by atoms with Crippen molar-refractivity contribution in [2.45, 2.75) is 13.8 Å². The molecule has 0 saturated heterocycles. The molecule has 266 valence electrons. The highest BCUT2D eigenvalue weighted by molar-refractivity contribution is 6.31. The van der Waals surface area contributed by atoms with Gasteiger partial charge in [0.15, 0.2) is 11.5 Å². The van der Waals surface area contributed by atoms with Gasteiger partial charge in [0, 0.05) is 32.2 Å². The largest absolute Gasteiger partial charge is 0.505 e. The Balaban J connectivity index is 1.11. The van der Waals surface area contributed by atoms with Crippen molar-refractivity contribution in [3.8, 4) is 11.5 Å². The molecule has 4 N–H and O–H groups in total. The van der Waals surface area contributed by atoms with E-state index >= 15 is 0 Å². The van der Waals surface area contributed by atoms with E-state index in [0.717, 1.165) is 11.1 Å². The molecule has 0 fully saturated rings. The fraction of sp³-hybridized carbons (Fsp3) is 0.0476. The first kappa shape index (κ1) is 35.8. The van der Waals surface area contributed by atoms with Crippen LogP contribution in [0.15, 0.2) is 142 Å². The molecule has 0 radical (unpaired) electrons. The lowest BCUT2D eigenvalue weighted by Crippen LogP contribution is -2.13. The number of nitrogens with one attached hydrogen (secondary N) is 2. The number of phenols is 2. The zero-order chi connectivity index (χ0) is 37.9. The summed E-state index contributed by atoms with van der Waals surface area (Å²) in [6.45, 7) is 3.77. The fourth-order valence-electron chi connectivity index (χ4n) is 5.98. The number of benzene rings is 7. The van der Waals surface area contributed by atoms with Crippen LogP contribution in [0, 0.1) is 13.8 Å². The van der Waals surface area contributed by atoms with E-state index in [9.17, 15) is 19.8 Å². The lowest BCUT2D eigenvalue weighted by molar-refractivity contribution is 0.101. The summed E-state index contributed by atoms with van der Waals surface area (Å²) >= 11 is 12.4. The number of hydrogen-bond acceptors (Lipinski definition) is 8. The lowest BCUT2D eigenvalue weighted by atomic mass is 10.0. The number of anilines is 2. The summed E-state index contributed by atoms with van der Waals surface area (Å²) in [4.78, 5) is 27.0. The molecule has 10 nitrogen and oxygen atoms in total. The van der Waals surface area contributed by atoms with E-state index in [2.05, 4.69) is 31.1 Å². The van der Waals surface area contributed by atoms with E-state index in [1.54, 1.807) is 97.1 Å². The van der Waals surface area contributed by atoms with E-state index in [1.807, 2.05) is 38.1 Å². The maximum absolute atomic E-state index is 13.5. The van der Waals surface area contributed by atoms with Crippen LogP contribution >= 0.6 is 23.2 Å². The first-order valence-electron chi connectivity index (χ1n) is 16.6. The van der Waals surface area contributed by atoms with Gasteiger partial charge in [-0.25, -0.2) is 0 Å². The van der Waals surface area contributed by atoms with Gasteiger partial charge in [-0.3, -0.25) is 9.59 Å². The standard InChI is InChI=1S/C42H30Cl2N6O4/c1-23-15-27(43)21-31(17-23)47-49-37-33-9-5-3-7-25(33)19-35(39(37)51)41(53)45-29-11-13-30(14-12-29)46-42(54)36-20-26-8-4-6-10-34(26)38(40(36)52)50-48-32-18-24(2)16-28(44)22-32/h3-22,51-52H,1-2H3,(H,45,53)(H,46,54). The van der Waals surface area contributed by atoms with Gasteiger partial charge in [0.05, 0.1) is 22.5 Å². The summed E-state index contributed by atoms with van der Waals surface area (Å²) in [6.07, 6.45) is 0. The molecule has 0 heterocycles. The number of azo groups is 2. The summed E-state index contributed by atoms with van der Waals surface area (Å²) in [5.41, 5.74) is 3.84. The Morgan fingerprint density at radius 3 is 1.30 bits per heavy atom. The van der Waals surface area contributed by atoms with Gasteiger partial charge in [-0.1, -0.05) is 71.7 Å². The van der Waals surface area contributed by atoms with Crippen molar-refractivity contribution in [1.82, 2.24) is 0 Å². The summed E-state index contributed by atoms with van der Waals surface area (Å²) in [7, 11) is 0. The number of nitrogens with zero attached hydrogens (tertiary/aromatic N) is 4. The molecular formula is C42H30Cl2N6O4. The minimum atomic E-state index is -0.583. The second-order valence-corrected chi connectivity index (χ2v) is 13.4. The van der Waals surface area contributed by atoms with E-state index in [4.69, 9.17) is 23.2 Å². The highest BCUT2D eigenvalue weighted by Crippen LogP contribution is 2.41. The zero-order valence-electron chi connectivity index (χ0n) is 28.8. The molecule has 0 spiro atoms. The Hall–Kier alpha value is -6.62. The molecule has 7 aromatic rings. The third-order valence-electron chi connectivity index (χ3n) is 8.46. The maximum Gasteiger partial charge on any atom is 0.259 e. The van der Waals surface area contributed by atoms with Crippen LogP contribution in [0.1, 0.15) is 31.8 Å². The van der Waals surface area contributed by atoms with E-state index < -0.39 is 11.8 Å². The van der Waals surface area contributed by atoms with Gasteiger partial charge in [0.25, 0.3) is 11.8 Å². The van der Waals surface area contributed by atoms with Crippen molar-refractivity contribution in [2.75, 3.05) is 10.6 Å². The minimum absolute atomic E-state index is 0.00691. The highest BCUT2D eigenvalue weighted by Gasteiger charge is 2.21. The molecule has 0 bridgehead atoms. The van der Waals surface area contributed by atoms with E-state index in [1.165, 1.54) is 0 Å². The second-order valence-electron chi connectivity index (χ2n) is 12.5. The summed E-state index contributed by atoms with van der Waals surface area (Å²) < 4.78 is 0. The molecule has 0 atom stereocenters. The summed E-state index contributed by atoms with van der Waals surface area (Å²) in [5.74, 6) is -1.84. The van der Waals surface area contributed by atoms with Crippen LogP contribution in [0.5, 0.6) is 11.5 Å². The molecule has 54 heavy (non-hydrogen) atoms. The number of rotatable bonds is 8. The number of carbonyl (C=O) groups excluding carboxylic acids is 2. The number of aromatic hydroxyl groups is 2. The second kappa shape index (κ2) is 15.2. The van der Waals surface area contributed by atoms with Crippen LogP contribution < -0.4 is 10.6 Å². The number of amides is 2. The van der Waals surface area contributed by atoms with E-state index in [0.29, 0.717) is 54.3 Å². The van der Waals surface area contributed by atoms with Gasteiger partial charge in [0.2, 0.25) is 0 Å². The Bertz CT molecular complexity index is 2450. The van der Waals surface area contributed by atoms with Gasteiger partial charge in [-0.05, 0) is 109 Å². The Morgan fingerprint density at radius 2 is 0.907 bits per heavy atom. The molecule has 2 amide bonds. The first-order valence-corrected chi connectivity index (χ1v) is 17.4. The Labute approximate surface area is 319 Å². The monoisotopic (exact) mass is 752 g/mol. The van der Waals surface area contributed by atoms with Crippen molar-refractivity contribution >= 4 is 90.7 Å². The topological polar surface area (TPSA) is 148 Å². The molecule has 0 saturated carbocycles. The van der Waals surface area contributed by atoms with Crippen molar-refractivity contribution in [3.63, 3.8) is 0 Å². The van der Waals surface area contributed by atoms with Gasteiger partial charge in [0.1, 0.15) is 11.4 Å². The molecule has 0 aliphatic carbocycles. The van der Waals surface area contributed by atoms with Crippen molar-refractivity contribution < 1.29 is 19.8 Å². The minimum Gasteiger partial charge on any atom is -0.505 e. The Kier molecular flexibility index (Phi) is 10.0. The smallest absolute Gasteiger partial charge is 0.259 e. The summed E-state index contributed by atoms with van der Waals surface area (Å²) in [5, 5.41) is 48.9. The third kappa shape index (κ3) is 7.75. The van der Waals surface area contributed by atoms with Gasteiger partial charge < -0.3 is 20.8 Å². The van der Waals surface area contributed by atoms with Crippen LogP contribution in [0.4, 0.5) is 34.1 Å². The van der Waals surface area contributed by atoms with Crippen molar-refractivity contribution in [1.29, 1.82) is 0 Å². The molecular weight excluding hydrogens is 723 g/mol. The average molecular weight is 754 g/mol. The fourth-order valence-corrected chi connectivity index (χ4v) is 6.55. The quantitative estimate of drug-likeness (QED) is 0.114. The SMILES string of the molecule is Cc1cc(Cl)cc(N=Nc2c(O)c(C(=O)Nc3ccc(NC(=O)c4cc5ccccc5c(N=Nc5cc(C)cc(Cl)c5)c4O)cc3)cc3ccccc23)c1. The maximum atomic E-state index is 13.5. The van der Waals surface area contributed by atoms with Crippen molar-refractivity contribution in [2.24, 2.45) is 20.5 Å². The lowest BCUT2D eigenvalue weighted by Gasteiger charge is -2.13. The molecule has 0 aliphatic rings. The molecule has 7 rings (SSSR count). The number of hydrogen-bond donors (Lipinski definition) is 4. The highest BCUT2D eigenvalue weighted by atomic mass is 35.5. The molecule has 0 unspecified atom stereocenters. The predicted octanol–water partition coefficient (Wildman–Crippen LogP) is 12.7. The van der Waals surface area contributed by atoms with Gasteiger partial charge in [-0.2, -0.15) is 10.2 Å². The van der Waals surface area contributed by atoms with Crippen molar-refractivity contribution in [3.05, 3.63) is 154 Å². The van der Waals surface area contributed by atoms with Gasteiger partial charge >= 0.3 is 0 Å². The average Bonchev–Trinajstić information content (AvgIpc) is 3.13. The van der Waals surface area contributed by atoms with Crippen LogP contribution in [0.3, 0.4) is 0 Å². The normalized spacial score (nSPS) is 11.5. The van der Waals surface area contributed by atoms with Crippen LogP contribution in [0.25, 0.3) is 21.5 Å². The van der Waals surface area contributed by atoms with Crippen LogP contribution in [-0.4, -0.2) is 22.0 Å². The van der Waals surface area contributed by atoms with Gasteiger partial charge in [-0.15, -0.1) is 10.2 Å². The zero-order valence-corrected chi connectivity index (χ0v) is 30.3. The first-order chi connectivity index (χ1) is 26.0. The predicted molar refractivity (Wildman–Crippen MR) is 214 cm³/mol. The van der Waals surface area contributed by atoms with Crippen LogP contribution in [0.2, 0.25) is 10.0 Å². The molecule has 12 heteroatoms.